The van der Waals surface area contributed by atoms with E-state index in [9.17, 15) is 4.79 Å². The molecule has 0 radical (unpaired) electrons. The average Bonchev–Trinajstić information content (AvgIpc) is 1.89. The molecule has 1 aliphatic rings. The number of amides is 1. The Morgan fingerprint density at radius 3 is 3.00 bits per heavy atom. The molecule has 0 aromatic carbocycles. The summed E-state index contributed by atoms with van der Waals surface area (Å²) in [5.41, 5.74) is 0. The van der Waals surface area contributed by atoms with Crippen molar-refractivity contribution in [2.45, 2.75) is 6.92 Å². The van der Waals surface area contributed by atoms with Crippen LogP contribution in [0.1, 0.15) is 6.92 Å². The van der Waals surface area contributed by atoms with Crippen LogP contribution >= 0.6 is 11.8 Å². The Bertz CT molecular complexity index is 116. The minimum atomic E-state index is 0.300. The SMILES string of the molecule is CCN1CCSCC1=O. The van der Waals surface area contributed by atoms with Crippen LogP contribution in [-0.2, 0) is 4.79 Å². The summed E-state index contributed by atoms with van der Waals surface area (Å²) in [4.78, 5) is 12.8. The Labute approximate surface area is 59.6 Å². The molecule has 1 fully saturated rings. The third-order valence-corrected chi connectivity index (χ3v) is 2.39. The van der Waals surface area contributed by atoms with Gasteiger partial charge in [0.1, 0.15) is 0 Å². The second kappa shape index (κ2) is 3.11. The highest BCUT2D eigenvalue weighted by molar-refractivity contribution is 8.00. The van der Waals surface area contributed by atoms with Crippen molar-refractivity contribution in [3.8, 4) is 0 Å². The van der Waals surface area contributed by atoms with Crippen LogP contribution in [0.3, 0.4) is 0 Å². The summed E-state index contributed by atoms with van der Waals surface area (Å²) in [5.74, 6) is 2.10. The van der Waals surface area contributed by atoms with Crippen molar-refractivity contribution < 1.29 is 4.79 Å². The van der Waals surface area contributed by atoms with Crippen molar-refractivity contribution in [2.24, 2.45) is 0 Å². The normalized spacial score (nSPS) is 20.6. The van der Waals surface area contributed by atoms with Crippen LogP contribution in [-0.4, -0.2) is 35.4 Å². The zero-order valence-electron chi connectivity index (χ0n) is 5.59. The highest BCUT2D eigenvalue weighted by Gasteiger charge is 2.15. The van der Waals surface area contributed by atoms with E-state index in [0.717, 1.165) is 18.8 Å². The van der Waals surface area contributed by atoms with Crippen LogP contribution in [0.5, 0.6) is 0 Å². The van der Waals surface area contributed by atoms with Crippen molar-refractivity contribution in [2.75, 3.05) is 24.6 Å². The first kappa shape index (κ1) is 6.93. The Hall–Kier alpha value is -0.180. The molecule has 0 aliphatic carbocycles. The van der Waals surface area contributed by atoms with E-state index in [1.54, 1.807) is 11.8 Å². The molecule has 3 heteroatoms. The fourth-order valence-corrected chi connectivity index (χ4v) is 1.74. The topological polar surface area (TPSA) is 20.3 Å². The Balaban J connectivity index is 2.39. The molecule has 0 atom stereocenters. The lowest BCUT2D eigenvalue weighted by molar-refractivity contribution is -0.128. The van der Waals surface area contributed by atoms with Gasteiger partial charge < -0.3 is 4.90 Å². The molecule has 0 unspecified atom stereocenters. The Morgan fingerprint density at radius 1 is 1.78 bits per heavy atom. The molecule has 0 N–H and O–H groups in total. The van der Waals surface area contributed by atoms with Gasteiger partial charge >= 0.3 is 0 Å². The number of hydrogen-bond acceptors (Lipinski definition) is 2. The molecule has 2 nitrogen and oxygen atoms in total. The van der Waals surface area contributed by atoms with E-state index < -0.39 is 0 Å². The van der Waals surface area contributed by atoms with Gasteiger partial charge in [-0.2, -0.15) is 11.8 Å². The predicted octanol–water partition coefficient (Wildman–Crippen LogP) is 0.582. The molecule has 1 heterocycles. The van der Waals surface area contributed by atoms with Gasteiger partial charge in [-0.1, -0.05) is 0 Å². The van der Waals surface area contributed by atoms with Gasteiger partial charge in [-0.3, -0.25) is 4.79 Å². The van der Waals surface area contributed by atoms with Crippen molar-refractivity contribution in [1.82, 2.24) is 4.90 Å². The first-order valence-electron chi connectivity index (χ1n) is 3.20. The van der Waals surface area contributed by atoms with Gasteiger partial charge in [0.05, 0.1) is 5.75 Å². The number of thioether (sulfide) groups is 1. The lowest BCUT2D eigenvalue weighted by Crippen LogP contribution is -2.37. The van der Waals surface area contributed by atoms with Gasteiger partial charge in [0, 0.05) is 18.8 Å². The highest BCUT2D eigenvalue weighted by Crippen LogP contribution is 2.09. The smallest absolute Gasteiger partial charge is 0.232 e. The molecule has 1 saturated heterocycles. The maximum atomic E-state index is 10.9. The molecule has 0 bridgehead atoms. The maximum Gasteiger partial charge on any atom is 0.232 e. The van der Waals surface area contributed by atoms with Crippen LogP contribution < -0.4 is 0 Å². The third-order valence-electron chi connectivity index (χ3n) is 1.47. The van der Waals surface area contributed by atoms with Crippen molar-refractivity contribution in [1.29, 1.82) is 0 Å². The van der Waals surface area contributed by atoms with Gasteiger partial charge in [-0.05, 0) is 6.92 Å². The molecule has 0 aromatic heterocycles. The summed E-state index contributed by atoms with van der Waals surface area (Å²) >= 11 is 1.73. The number of nitrogens with zero attached hydrogens (tertiary/aromatic N) is 1. The molecular weight excluding hydrogens is 134 g/mol. The lowest BCUT2D eigenvalue weighted by Gasteiger charge is -2.24. The summed E-state index contributed by atoms with van der Waals surface area (Å²) in [7, 11) is 0. The molecule has 0 saturated carbocycles. The summed E-state index contributed by atoms with van der Waals surface area (Å²) in [6.07, 6.45) is 0. The van der Waals surface area contributed by atoms with Gasteiger partial charge in [0.25, 0.3) is 0 Å². The second-order valence-electron chi connectivity index (χ2n) is 2.03. The molecule has 52 valence electrons. The van der Waals surface area contributed by atoms with Crippen LogP contribution in [0, 0.1) is 0 Å². The number of rotatable bonds is 1. The summed E-state index contributed by atoms with van der Waals surface area (Å²) < 4.78 is 0. The minimum absolute atomic E-state index is 0.300. The van der Waals surface area contributed by atoms with Crippen LogP contribution in [0.4, 0.5) is 0 Å². The largest absolute Gasteiger partial charge is 0.341 e. The fraction of sp³-hybridized carbons (Fsp3) is 0.833. The third kappa shape index (κ3) is 1.61. The fourth-order valence-electron chi connectivity index (χ4n) is 0.885. The molecule has 1 rings (SSSR count). The predicted molar refractivity (Wildman–Crippen MR) is 39.6 cm³/mol. The second-order valence-corrected chi connectivity index (χ2v) is 3.13. The summed E-state index contributed by atoms with van der Waals surface area (Å²) in [6, 6.07) is 0. The molecular formula is C6H11NOS. The Kier molecular flexibility index (Phi) is 2.39. The zero-order valence-corrected chi connectivity index (χ0v) is 6.41. The van der Waals surface area contributed by atoms with E-state index in [1.165, 1.54) is 0 Å². The number of hydrogen-bond donors (Lipinski definition) is 0. The van der Waals surface area contributed by atoms with Gasteiger partial charge in [-0.25, -0.2) is 0 Å². The van der Waals surface area contributed by atoms with Crippen molar-refractivity contribution >= 4 is 17.7 Å². The van der Waals surface area contributed by atoms with E-state index in [2.05, 4.69) is 0 Å². The quantitative estimate of drug-likeness (QED) is 0.538. The minimum Gasteiger partial charge on any atom is -0.341 e. The van der Waals surface area contributed by atoms with E-state index in [-0.39, 0.29) is 0 Å². The zero-order chi connectivity index (χ0) is 6.69. The number of carbonyl (C=O) groups is 1. The van der Waals surface area contributed by atoms with E-state index in [0.29, 0.717) is 11.7 Å². The standard InChI is InChI=1S/C6H11NOS/c1-2-7-3-4-9-5-6(7)8/h2-5H2,1H3. The van der Waals surface area contributed by atoms with Crippen LogP contribution in [0.2, 0.25) is 0 Å². The maximum absolute atomic E-state index is 10.9. The van der Waals surface area contributed by atoms with Crippen LogP contribution in [0.25, 0.3) is 0 Å². The van der Waals surface area contributed by atoms with E-state index in [4.69, 9.17) is 0 Å². The summed E-state index contributed by atoms with van der Waals surface area (Å²) in [5, 5.41) is 0. The molecule has 1 aliphatic heterocycles. The first-order valence-corrected chi connectivity index (χ1v) is 4.35. The molecule has 0 aromatic rings. The monoisotopic (exact) mass is 145 g/mol. The molecule has 1 amide bonds. The molecule has 9 heavy (non-hydrogen) atoms. The van der Waals surface area contributed by atoms with Gasteiger partial charge in [0.2, 0.25) is 5.91 Å². The van der Waals surface area contributed by atoms with Crippen molar-refractivity contribution in [3.05, 3.63) is 0 Å². The number of carbonyl (C=O) groups excluding carboxylic acids is 1. The van der Waals surface area contributed by atoms with Gasteiger partial charge in [-0.15, -0.1) is 0 Å². The van der Waals surface area contributed by atoms with Gasteiger partial charge in [0.15, 0.2) is 0 Å². The van der Waals surface area contributed by atoms with E-state index >= 15 is 0 Å². The first-order chi connectivity index (χ1) is 4.34. The van der Waals surface area contributed by atoms with Crippen LogP contribution in [0.15, 0.2) is 0 Å². The average molecular weight is 145 g/mol. The molecule has 0 spiro atoms. The van der Waals surface area contributed by atoms with Crippen molar-refractivity contribution in [3.63, 3.8) is 0 Å². The Morgan fingerprint density at radius 2 is 2.56 bits per heavy atom. The lowest BCUT2D eigenvalue weighted by atomic mass is 10.5. The highest BCUT2D eigenvalue weighted by atomic mass is 32.2. The van der Waals surface area contributed by atoms with E-state index in [1.807, 2.05) is 11.8 Å². The summed E-state index contributed by atoms with van der Waals surface area (Å²) in [6.45, 7) is 3.84.